The third-order valence-corrected chi connectivity index (χ3v) is 3.52. The minimum absolute atomic E-state index is 0.301. The van der Waals surface area contributed by atoms with Crippen LogP contribution in [0.4, 0.5) is 10.1 Å². The molecule has 88 valence electrons. The van der Waals surface area contributed by atoms with Gasteiger partial charge in [-0.25, -0.2) is 4.39 Å². The molecule has 1 aromatic carbocycles. The lowest BCUT2D eigenvalue weighted by atomic mass is 10.3. The van der Waals surface area contributed by atoms with E-state index in [0.29, 0.717) is 20.7 Å². The molecule has 0 unspecified atom stereocenters. The fourth-order valence-corrected chi connectivity index (χ4v) is 2.21. The second-order valence-electron chi connectivity index (χ2n) is 3.27. The van der Waals surface area contributed by atoms with E-state index >= 15 is 0 Å². The van der Waals surface area contributed by atoms with Crippen LogP contribution in [-0.2, 0) is 0 Å². The van der Waals surface area contributed by atoms with Crippen molar-refractivity contribution in [2.24, 2.45) is 0 Å². The van der Waals surface area contributed by atoms with Crippen molar-refractivity contribution in [1.29, 1.82) is 0 Å². The van der Waals surface area contributed by atoms with E-state index in [2.05, 4.69) is 30.8 Å². The molecule has 2 aromatic rings. The van der Waals surface area contributed by atoms with E-state index in [1.165, 1.54) is 18.2 Å². The molecule has 1 heterocycles. The standard InChI is InChI=1S/C10H7BrFN3OS/c1-5-9(17-15-14-5)10(16)13-8-3-2-6(12)4-7(8)11/h2-4H,1H3,(H,13,16). The molecule has 0 bridgehead atoms. The number of aryl methyl sites for hydroxylation is 1. The minimum Gasteiger partial charge on any atom is -0.320 e. The number of anilines is 1. The van der Waals surface area contributed by atoms with Gasteiger partial charge in [0.1, 0.15) is 10.7 Å². The number of halogens is 2. The number of nitrogens with zero attached hydrogens (tertiary/aromatic N) is 2. The van der Waals surface area contributed by atoms with Gasteiger partial charge in [-0.3, -0.25) is 4.79 Å². The third-order valence-electron chi connectivity index (χ3n) is 2.04. The lowest BCUT2D eigenvalue weighted by molar-refractivity contribution is 0.102. The summed E-state index contributed by atoms with van der Waals surface area (Å²) in [6.07, 6.45) is 0. The smallest absolute Gasteiger partial charge is 0.269 e. The summed E-state index contributed by atoms with van der Waals surface area (Å²) >= 11 is 4.20. The first kappa shape index (κ1) is 12.1. The first-order valence-electron chi connectivity index (χ1n) is 4.63. The predicted octanol–water partition coefficient (Wildman–Crippen LogP) is 3.00. The Morgan fingerprint density at radius 1 is 1.53 bits per heavy atom. The number of aromatic nitrogens is 2. The molecule has 0 spiro atoms. The Bertz CT molecular complexity index is 572. The number of hydrogen-bond donors (Lipinski definition) is 1. The Balaban J connectivity index is 2.22. The van der Waals surface area contributed by atoms with Gasteiger partial charge in [-0.15, -0.1) is 5.10 Å². The van der Waals surface area contributed by atoms with Gasteiger partial charge in [0.2, 0.25) is 0 Å². The summed E-state index contributed by atoms with van der Waals surface area (Å²) < 4.78 is 17.0. The number of benzene rings is 1. The first-order chi connectivity index (χ1) is 8.08. The summed E-state index contributed by atoms with van der Waals surface area (Å²) in [4.78, 5) is 12.3. The summed E-state index contributed by atoms with van der Waals surface area (Å²) in [5.74, 6) is -0.671. The van der Waals surface area contributed by atoms with Crippen LogP contribution < -0.4 is 5.32 Å². The predicted molar refractivity (Wildman–Crippen MR) is 66.7 cm³/mol. The Kier molecular flexibility index (Phi) is 3.49. The van der Waals surface area contributed by atoms with Crippen molar-refractivity contribution in [1.82, 2.24) is 9.59 Å². The molecule has 0 aliphatic rings. The molecule has 1 aromatic heterocycles. The molecule has 1 amide bonds. The van der Waals surface area contributed by atoms with Crippen LogP contribution in [0.1, 0.15) is 15.4 Å². The topological polar surface area (TPSA) is 54.9 Å². The number of hydrogen-bond acceptors (Lipinski definition) is 4. The summed E-state index contributed by atoms with van der Waals surface area (Å²) in [6.45, 7) is 1.71. The van der Waals surface area contributed by atoms with Crippen molar-refractivity contribution in [3.05, 3.63) is 39.1 Å². The van der Waals surface area contributed by atoms with Crippen molar-refractivity contribution < 1.29 is 9.18 Å². The highest BCUT2D eigenvalue weighted by atomic mass is 79.9. The number of carbonyl (C=O) groups is 1. The molecule has 0 saturated heterocycles. The van der Waals surface area contributed by atoms with Crippen LogP contribution in [0.15, 0.2) is 22.7 Å². The van der Waals surface area contributed by atoms with E-state index in [-0.39, 0.29) is 11.7 Å². The molecule has 17 heavy (non-hydrogen) atoms. The maximum atomic E-state index is 12.9. The molecule has 0 aliphatic carbocycles. The number of nitrogens with one attached hydrogen (secondary N) is 1. The van der Waals surface area contributed by atoms with E-state index in [0.717, 1.165) is 11.5 Å². The van der Waals surface area contributed by atoms with Crippen LogP contribution in [0.3, 0.4) is 0 Å². The summed E-state index contributed by atoms with van der Waals surface area (Å²) in [7, 11) is 0. The normalized spacial score (nSPS) is 10.3. The van der Waals surface area contributed by atoms with Gasteiger partial charge in [0.15, 0.2) is 0 Å². The van der Waals surface area contributed by atoms with Crippen molar-refractivity contribution in [3.63, 3.8) is 0 Å². The SMILES string of the molecule is Cc1nnsc1C(=O)Nc1ccc(F)cc1Br. The molecule has 0 fully saturated rings. The van der Waals surface area contributed by atoms with Crippen molar-refractivity contribution >= 4 is 39.1 Å². The average Bonchev–Trinajstić information content (AvgIpc) is 2.68. The van der Waals surface area contributed by atoms with E-state index in [1.807, 2.05) is 0 Å². The van der Waals surface area contributed by atoms with Crippen LogP contribution >= 0.6 is 27.5 Å². The zero-order chi connectivity index (χ0) is 12.4. The minimum atomic E-state index is -0.370. The van der Waals surface area contributed by atoms with Crippen molar-refractivity contribution in [2.45, 2.75) is 6.92 Å². The number of carbonyl (C=O) groups excluding carboxylic acids is 1. The first-order valence-corrected chi connectivity index (χ1v) is 6.20. The van der Waals surface area contributed by atoms with Crippen molar-refractivity contribution in [3.8, 4) is 0 Å². The lowest BCUT2D eigenvalue weighted by Gasteiger charge is -2.05. The average molecular weight is 316 g/mol. The van der Waals surface area contributed by atoms with Crippen molar-refractivity contribution in [2.75, 3.05) is 5.32 Å². The molecule has 0 saturated carbocycles. The van der Waals surface area contributed by atoms with Gasteiger partial charge in [0.05, 0.1) is 11.4 Å². The van der Waals surface area contributed by atoms with E-state index < -0.39 is 0 Å². The van der Waals surface area contributed by atoms with Crippen LogP contribution in [0, 0.1) is 12.7 Å². The Hall–Kier alpha value is -1.34. The Labute approximate surface area is 109 Å². The highest BCUT2D eigenvalue weighted by Crippen LogP contribution is 2.24. The zero-order valence-corrected chi connectivity index (χ0v) is 11.1. The summed E-state index contributed by atoms with van der Waals surface area (Å²) in [5, 5.41) is 6.41. The second-order valence-corrected chi connectivity index (χ2v) is 4.87. The van der Waals surface area contributed by atoms with Gasteiger partial charge in [0.25, 0.3) is 5.91 Å². The van der Waals surface area contributed by atoms with Crippen LogP contribution in [0.25, 0.3) is 0 Å². The van der Waals surface area contributed by atoms with Crippen LogP contribution in [0.2, 0.25) is 0 Å². The molecular weight excluding hydrogens is 309 g/mol. The molecule has 0 atom stereocenters. The molecular formula is C10H7BrFN3OS. The summed E-state index contributed by atoms with van der Waals surface area (Å²) in [6, 6.07) is 4.05. The van der Waals surface area contributed by atoms with E-state index in [4.69, 9.17) is 0 Å². The largest absolute Gasteiger partial charge is 0.320 e. The zero-order valence-electron chi connectivity index (χ0n) is 8.70. The monoisotopic (exact) mass is 315 g/mol. The highest BCUT2D eigenvalue weighted by molar-refractivity contribution is 9.10. The maximum absolute atomic E-state index is 12.9. The highest BCUT2D eigenvalue weighted by Gasteiger charge is 2.14. The van der Waals surface area contributed by atoms with E-state index in [1.54, 1.807) is 6.92 Å². The summed E-state index contributed by atoms with van der Waals surface area (Å²) in [5.41, 5.74) is 1.08. The lowest BCUT2D eigenvalue weighted by Crippen LogP contribution is -2.12. The second kappa shape index (κ2) is 4.89. The fraction of sp³-hybridized carbons (Fsp3) is 0.100. The van der Waals surface area contributed by atoms with Gasteiger partial charge in [-0.05, 0) is 52.6 Å². The molecule has 1 N–H and O–H groups in total. The number of rotatable bonds is 2. The van der Waals surface area contributed by atoms with Crippen LogP contribution in [0.5, 0.6) is 0 Å². The van der Waals surface area contributed by atoms with Gasteiger partial charge < -0.3 is 5.32 Å². The Morgan fingerprint density at radius 2 is 2.29 bits per heavy atom. The molecule has 7 heteroatoms. The molecule has 2 rings (SSSR count). The number of amides is 1. The van der Waals surface area contributed by atoms with Gasteiger partial charge >= 0.3 is 0 Å². The maximum Gasteiger partial charge on any atom is 0.269 e. The quantitative estimate of drug-likeness (QED) is 0.926. The fourth-order valence-electron chi connectivity index (χ4n) is 1.21. The van der Waals surface area contributed by atoms with Gasteiger partial charge in [-0.2, -0.15) is 0 Å². The molecule has 0 aliphatic heterocycles. The van der Waals surface area contributed by atoms with Gasteiger partial charge in [-0.1, -0.05) is 4.49 Å². The molecule has 0 radical (unpaired) electrons. The van der Waals surface area contributed by atoms with E-state index in [9.17, 15) is 9.18 Å². The third kappa shape index (κ3) is 2.67. The van der Waals surface area contributed by atoms with Gasteiger partial charge in [0, 0.05) is 4.47 Å². The Morgan fingerprint density at radius 3 is 2.88 bits per heavy atom. The van der Waals surface area contributed by atoms with Crippen LogP contribution in [-0.4, -0.2) is 15.5 Å². The molecule has 4 nitrogen and oxygen atoms in total.